The first kappa shape index (κ1) is 20.6. The molecule has 1 aliphatic carbocycles. The van der Waals surface area contributed by atoms with Crippen molar-refractivity contribution in [1.29, 1.82) is 5.26 Å². The molecule has 1 fully saturated rings. The summed E-state index contributed by atoms with van der Waals surface area (Å²) in [7, 11) is 0. The van der Waals surface area contributed by atoms with E-state index in [0.29, 0.717) is 17.3 Å². The number of carbonyl (C=O) groups is 2. The van der Waals surface area contributed by atoms with E-state index in [1.165, 1.54) is 0 Å². The van der Waals surface area contributed by atoms with Gasteiger partial charge in [0.25, 0.3) is 5.91 Å². The predicted octanol–water partition coefficient (Wildman–Crippen LogP) is 4.65. The van der Waals surface area contributed by atoms with Crippen LogP contribution in [-0.2, 0) is 4.79 Å². The Bertz CT molecular complexity index is 1000. The molecule has 0 N–H and O–H groups in total. The summed E-state index contributed by atoms with van der Waals surface area (Å²) >= 11 is 5.99. The highest BCUT2D eigenvalue weighted by Gasteiger charge is 2.45. The molecule has 7 heteroatoms. The van der Waals surface area contributed by atoms with Crippen LogP contribution in [0.15, 0.2) is 30.3 Å². The van der Waals surface area contributed by atoms with Gasteiger partial charge in [0.05, 0.1) is 29.8 Å². The van der Waals surface area contributed by atoms with E-state index in [0.717, 1.165) is 43.4 Å². The van der Waals surface area contributed by atoms with Gasteiger partial charge in [-0.25, -0.2) is 0 Å². The minimum atomic E-state index is -0.485. The third-order valence-corrected chi connectivity index (χ3v) is 6.30. The summed E-state index contributed by atoms with van der Waals surface area (Å²) in [6.07, 6.45) is 4.76. The number of Topliss-reactive ketones (excluding diaryl/α,β-unsaturated/α-hetero) is 1. The second kappa shape index (κ2) is 8.23. The van der Waals surface area contributed by atoms with E-state index >= 15 is 0 Å². The summed E-state index contributed by atoms with van der Waals surface area (Å²) in [5.74, 6) is -0.215. The number of unbranched alkanes of at least 4 members (excludes halogenated alkanes) is 1. The Morgan fingerprint density at radius 3 is 2.70 bits per heavy atom. The SMILES string of the molecule is CCCCC1CN(CC(=O)CC2(C#N)CC2)C(=O)c2cc(-c3ccc(Cl)cc3)nn21. The van der Waals surface area contributed by atoms with Crippen molar-refractivity contribution in [2.24, 2.45) is 5.41 Å². The zero-order chi connectivity index (χ0) is 21.3. The predicted molar refractivity (Wildman–Crippen MR) is 114 cm³/mol. The molecule has 156 valence electrons. The number of nitriles is 1. The van der Waals surface area contributed by atoms with Crippen LogP contribution in [0.2, 0.25) is 5.02 Å². The fourth-order valence-electron chi connectivity index (χ4n) is 4.09. The van der Waals surface area contributed by atoms with E-state index in [9.17, 15) is 14.9 Å². The molecule has 1 aliphatic heterocycles. The molecular weight excluding hydrogens is 400 g/mol. The van der Waals surface area contributed by atoms with Gasteiger partial charge in [-0.3, -0.25) is 14.3 Å². The van der Waals surface area contributed by atoms with E-state index in [-0.39, 0.29) is 30.7 Å². The molecule has 2 aromatic rings. The number of carbonyl (C=O) groups excluding carboxylic acids is 2. The average molecular weight is 425 g/mol. The molecule has 0 radical (unpaired) electrons. The Hall–Kier alpha value is -2.65. The van der Waals surface area contributed by atoms with Crippen molar-refractivity contribution in [3.63, 3.8) is 0 Å². The first-order valence-corrected chi connectivity index (χ1v) is 10.9. The number of nitrogens with zero attached hydrogens (tertiary/aromatic N) is 4. The molecule has 0 spiro atoms. The minimum absolute atomic E-state index is 0.0392. The minimum Gasteiger partial charge on any atom is -0.328 e. The van der Waals surface area contributed by atoms with Gasteiger partial charge in [-0.1, -0.05) is 43.5 Å². The molecule has 0 bridgehead atoms. The van der Waals surface area contributed by atoms with Crippen LogP contribution in [0.1, 0.15) is 62.0 Å². The molecule has 30 heavy (non-hydrogen) atoms. The van der Waals surface area contributed by atoms with Crippen LogP contribution in [0.25, 0.3) is 11.3 Å². The highest BCUT2D eigenvalue weighted by atomic mass is 35.5. The van der Waals surface area contributed by atoms with Crippen LogP contribution in [0.3, 0.4) is 0 Å². The number of aromatic nitrogens is 2. The zero-order valence-electron chi connectivity index (χ0n) is 17.1. The number of amides is 1. The molecule has 6 nitrogen and oxygen atoms in total. The van der Waals surface area contributed by atoms with E-state index in [1.54, 1.807) is 23.1 Å². The second-order valence-corrected chi connectivity index (χ2v) is 8.89. The van der Waals surface area contributed by atoms with Crippen molar-refractivity contribution in [2.75, 3.05) is 13.1 Å². The summed E-state index contributed by atoms with van der Waals surface area (Å²) in [6, 6.07) is 11.5. The molecule has 2 aliphatic rings. The number of hydrogen-bond donors (Lipinski definition) is 0. The number of hydrogen-bond acceptors (Lipinski definition) is 4. The average Bonchev–Trinajstić information content (AvgIpc) is 3.36. The van der Waals surface area contributed by atoms with Crippen LogP contribution in [-0.4, -0.2) is 39.5 Å². The normalized spacial score (nSPS) is 19.3. The molecular formula is C23H25ClN4O2. The van der Waals surface area contributed by atoms with Gasteiger partial charge in [0.1, 0.15) is 5.69 Å². The molecule has 1 atom stereocenters. The lowest BCUT2D eigenvalue weighted by molar-refractivity contribution is -0.120. The maximum atomic E-state index is 13.1. The van der Waals surface area contributed by atoms with Crippen LogP contribution in [0.5, 0.6) is 0 Å². The van der Waals surface area contributed by atoms with Gasteiger partial charge in [0.15, 0.2) is 5.78 Å². The third-order valence-electron chi connectivity index (χ3n) is 6.04. The van der Waals surface area contributed by atoms with Crippen molar-refractivity contribution in [3.05, 3.63) is 41.0 Å². The molecule has 1 unspecified atom stereocenters. The summed E-state index contributed by atoms with van der Waals surface area (Å²) < 4.78 is 1.83. The molecule has 1 aromatic carbocycles. The lowest BCUT2D eigenvalue weighted by atomic mass is 10.0. The monoisotopic (exact) mass is 424 g/mol. The first-order valence-electron chi connectivity index (χ1n) is 10.5. The second-order valence-electron chi connectivity index (χ2n) is 8.46. The lowest BCUT2D eigenvalue weighted by Gasteiger charge is -2.33. The maximum Gasteiger partial charge on any atom is 0.272 e. The van der Waals surface area contributed by atoms with Gasteiger partial charge in [0.2, 0.25) is 0 Å². The van der Waals surface area contributed by atoms with Crippen LogP contribution in [0, 0.1) is 16.7 Å². The van der Waals surface area contributed by atoms with Crippen molar-refractivity contribution in [1.82, 2.24) is 14.7 Å². The van der Waals surface area contributed by atoms with Crippen LogP contribution >= 0.6 is 11.6 Å². The summed E-state index contributed by atoms with van der Waals surface area (Å²) in [5.41, 5.74) is 1.66. The van der Waals surface area contributed by atoms with Gasteiger partial charge < -0.3 is 4.90 Å². The number of fused-ring (bicyclic) bond motifs is 1. The van der Waals surface area contributed by atoms with Crippen LogP contribution in [0.4, 0.5) is 0 Å². The number of rotatable bonds is 8. The Morgan fingerprint density at radius 2 is 2.07 bits per heavy atom. The number of halogens is 1. The van der Waals surface area contributed by atoms with E-state index in [2.05, 4.69) is 13.0 Å². The highest BCUT2D eigenvalue weighted by molar-refractivity contribution is 6.30. The van der Waals surface area contributed by atoms with Gasteiger partial charge in [-0.05, 0) is 37.5 Å². The van der Waals surface area contributed by atoms with Crippen molar-refractivity contribution in [3.8, 4) is 17.3 Å². The zero-order valence-corrected chi connectivity index (χ0v) is 17.9. The molecule has 1 aromatic heterocycles. The lowest BCUT2D eigenvalue weighted by Crippen LogP contribution is -2.45. The van der Waals surface area contributed by atoms with Gasteiger partial charge in [-0.15, -0.1) is 0 Å². The summed E-state index contributed by atoms with van der Waals surface area (Å²) in [5, 5.41) is 14.6. The molecule has 1 amide bonds. The van der Waals surface area contributed by atoms with E-state index in [1.807, 2.05) is 16.8 Å². The highest BCUT2D eigenvalue weighted by Crippen LogP contribution is 2.48. The van der Waals surface area contributed by atoms with Crippen molar-refractivity contribution >= 4 is 23.3 Å². The van der Waals surface area contributed by atoms with Crippen LogP contribution < -0.4 is 0 Å². The maximum absolute atomic E-state index is 13.1. The molecule has 4 rings (SSSR count). The summed E-state index contributed by atoms with van der Waals surface area (Å²) in [6.45, 7) is 2.67. The Morgan fingerprint density at radius 1 is 1.33 bits per heavy atom. The van der Waals surface area contributed by atoms with Gasteiger partial charge in [0, 0.05) is 23.6 Å². The molecule has 0 saturated heterocycles. The Labute approximate surface area is 181 Å². The number of ketones is 1. The standard InChI is InChI=1S/C23H25ClN4O2/c1-2-3-4-18-13-27(14-19(29)12-23(15-25)9-10-23)22(30)21-11-20(26-28(18)21)16-5-7-17(24)8-6-16/h5-8,11,18H,2-4,9-10,12-14H2,1H3. The fourth-order valence-corrected chi connectivity index (χ4v) is 4.21. The first-order chi connectivity index (χ1) is 14.4. The topological polar surface area (TPSA) is 79.0 Å². The molecule has 2 heterocycles. The largest absolute Gasteiger partial charge is 0.328 e. The fraction of sp³-hybridized carbons (Fsp3) is 0.478. The Kier molecular flexibility index (Phi) is 5.66. The van der Waals surface area contributed by atoms with Gasteiger partial charge >= 0.3 is 0 Å². The smallest absolute Gasteiger partial charge is 0.272 e. The van der Waals surface area contributed by atoms with E-state index < -0.39 is 5.41 Å². The number of benzene rings is 1. The van der Waals surface area contributed by atoms with Crippen molar-refractivity contribution in [2.45, 2.75) is 51.5 Å². The van der Waals surface area contributed by atoms with Gasteiger partial charge in [-0.2, -0.15) is 10.4 Å². The quantitative estimate of drug-likeness (QED) is 0.617. The van der Waals surface area contributed by atoms with E-state index in [4.69, 9.17) is 16.7 Å². The Balaban J connectivity index is 1.58. The molecule has 1 saturated carbocycles. The van der Waals surface area contributed by atoms with Crippen molar-refractivity contribution < 1.29 is 9.59 Å². The summed E-state index contributed by atoms with van der Waals surface area (Å²) in [4.78, 5) is 27.4. The third kappa shape index (κ3) is 4.13.